The number of hydrogen-bond acceptors (Lipinski definition) is 3. The van der Waals surface area contributed by atoms with Gasteiger partial charge in [-0.1, -0.05) is 0 Å². The van der Waals surface area contributed by atoms with Crippen LogP contribution in [0.4, 0.5) is 0 Å². The molecule has 0 bridgehead atoms. The Hall–Kier alpha value is -1.42. The summed E-state index contributed by atoms with van der Waals surface area (Å²) in [7, 11) is 0. The summed E-state index contributed by atoms with van der Waals surface area (Å²) in [5.74, 6) is 0. The Morgan fingerprint density at radius 2 is 2.21 bits per heavy atom. The molecule has 0 amide bonds. The molecular formula is C9H9ClN4. The summed E-state index contributed by atoms with van der Waals surface area (Å²) >= 11 is 5.71. The second-order valence-electron chi connectivity index (χ2n) is 2.74. The van der Waals surface area contributed by atoms with Gasteiger partial charge in [0.15, 0.2) is 0 Å². The lowest BCUT2D eigenvalue weighted by Crippen LogP contribution is -2.00. The molecule has 0 fully saturated rings. The number of nitrogens with zero attached hydrogens (tertiary/aromatic N) is 4. The molecule has 4 nitrogen and oxygen atoms in total. The molecule has 0 N–H and O–H groups in total. The smallest absolute Gasteiger partial charge is 0.222 e. The number of aromatic nitrogens is 4. The zero-order valence-corrected chi connectivity index (χ0v) is 8.44. The monoisotopic (exact) mass is 208 g/mol. The maximum atomic E-state index is 5.71. The normalized spacial score (nSPS) is 10.4. The van der Waals surface area contributed by atoms with Crippen LogP contribution in [-0.2, 0) is 6.54 Å². The van der Waals surface area contributed by atoms with Crippen LogP contribution in [-0.4, -0.2) is 19.7 Å². The first-order valence-electron chi connectivity index (χ1n) is 4.32. The van der Waals surface area contributed by atoms with Crippen molar-refractivity contribution >= 4 is 11.6 Å². The molecule has 2 heterocycles. The van der Waals surface area contributed by atoms with E-state index in [1.807, 2.05) is 23.7 Å². The minimum absolute atomic E-state index is 0.256. The molecule has 14 heavy (non-hydrogen) atoms. The third-order valence-corrected chi connectivity index (χ3v) is 2.09. The van der Waals surface area contributed by atoms with Crippen LogP contribution in [0.3, 0.4) is 0 Å². The second kappa shape index (κ2) is 3.75. The van der Waals surface area contributed by atoms with Gasteiger partial charge < -0.3 is 0 Å². The van der Waals surface area contributed by atoms with Crippen LogP contribution in [0.15, 0.2) is 24.5 Å². The molecular weight excluding hydrogens is 200 g/mol. The highest BCUT2D eigenvalue weighted by Crippen LogP contribution is 2.16. The molecule has 0 saturated carbocycles. The largest absolute Gasteiger partial charge is 0.264 e. The van der Waals surface area contributed by atoms with Crippen LogP contribution in [0.1, 0.15) is 6.92 Å². The van der Waals surface area contributed by atoms with E-state index in [2.05, 4.69) is 15.1 Å². The standard InChI is InChI=1S/C9H9ClN4/c1-2-14-8(4-6-12-14)7-3-5-11-9(10)13-7/h3-6H,2H2,1H3. The van der Waals surface area contributed by atoms with Gasteiger partial charge >= 0.3 is 0 Å². The maximum Gasteiger partial charge on any atom is 0.222 e. The first kappa shape index (κ1) is 9.15. The first-order chi connectivity index (χ1) is 6.81. The molecule has 0 atom stereocenters. The number of hydrogen-bond donors (Lipinski definition) is 0. The summed E-state index contributed by atoms with van der Waals surface area (Å²) in [6.07, 6.45) is 3.38. The van der Waals surface area contributed by atoms with Crippen LogP contribution in [0.2, 0.25) is 5.28 Å². The lowest BCUT2D eigenvalue weighted by Gasteiger charge is -2.03. The molecule has 0 aromatic carbocycles. The predicted molar refractivity (Wildman–Crippen MR) is 53.9 cm³/mol. The van der Waals surface area contributed by atoms with Gasteiger partial charge in [-0.15, -0.1) is 0 Å². The van der Waals surface area contributed by atoms with E-state index in [0.29, 0.717) is 0 Å². The zero-order valence-electron chi connectivity index (χ0n) is 7.68. The average molecular weight is 209 g/mol. The van der Waals surface area contributed by atoms with E-state index >= 15 is 0 Å². The summed E-state index contributed by atoms with van der Waals surface area (Å²) in [4.78, 5) is 7.95. The summed E-state index contributed by atoms with van der Waals surface area (Å²) in [6.45, 7) is 2.84. The number of halogens is 1. The highest BCUT2D eigenvalue weighted by Gasteiger charge is 2.05. The van der Waals surface area contributed by atoms with Crippen LogP contribution in [0.25, 0.3) is 11.4 Å². The Bertz CT molecular complexity index is 438. The lowest BCUT2D eigenvalue weighted by molar-refractivity contribution is 0.665. The molecule has 0 spiro atoms. The Balaban J connectivity index is 2.49. The van der Waals surface area contributed by atoms with Gasteiger partial charge in [0.1, 0.15) is 0 Å². The molecule has 0 saturated heterocycles. The fourth-order valence-electron chi connectivity index (χ4n) is 1.28. The van der Waals surface area contributed by atoms with Crippen molar-refractivity contribution in [2.75, 3.05) is 0 Å². The van der Waals surface area contributed by atoms with Gasteiger partial charge in [0.25, 0.3) is 0 Å². The Labute approximate surface area is 86.6 Å². The van der Waals surface area contributed by atoms with Gasteiger partial charge in [0.2, 0.25) is 5.28 Å². The van der Waals surface area contributed by atoms with Gasteiger partial charge in [0.05, 0.1) is 11.4 Å². The van der Waals surface area contributed by atoms with Gasteiger partial charge in [-0.3, -0.25) is 4.68 Å². The number of aryl methyl sites for hydroxylation is 1. The predicted octanol–water partition coefficient (Wildman–Crippen LogP) is 2.01. The zero-order chi connectivity index (χ0) is 9.97. The van der Waals surface area contributed by atoms with Crippen LogP contribution in [0.5, 0.6) is 0 Å². The minimum atomic E-state index is 0.256. The minimum Gasteiger partial charge on any atom is -0.264 e. The van der Waals surface area contributed by atoms with E-state index in [4.69, 9.17) is 11.6 Å². The first-order valence-corrected chi connectivity index (χ1v) is 4.70. The molecule has 2 rings (SSSR count). The lowest BCUT2D eigenvalue weighted by atomic mass is 10.3. The summed E-state index contributed by atoms with van der Waals surface area (Å²) in [5, 5.41) is 4.41. The van der Waals surface area contributed by atoms with Gasteiger partial charge in [-0.05, 0) is 30.7 Å². The highest BCUT2D eigenvalue weighted by molar-refractivity contribution is 6.28. The van der Waals surface area contributed by atoms with Crippen LogP contribution >= 0.6 is 11.6 Å². The van der Waals surface area contributed by atoms with E-state index < -0.39 is 0 Å². The van der Waals surface area contributed by atoms with E-state index in [-0.39, 0.29) is 5.28 Å². The summed E-state index contributed by atoms with van der Waals surface area (Å²) < 4.78 is 1.86. The Morgan fingerprint density at radius 1 is 1.36 bits per heavy atom. The van der Waals surface area contributed by atoms with E-state index in [0.717, 1.165) is 17.9 Å². The quantitative estimate of drug-likeness (QED) is 0.710. The molecule has 2 aromatic rings. The Morgan fingerprint density at radius 3 is 2.93 bits per heavy atom. The van der Waals surface area contributed by atoms with Crippen LogP contribution in [0, 0.1) is 0 Å². The topological polar surface area (TPSA) is 43.6 Å². The average Bonchev–Trinajstić information content (AvgIpc) is 2.65. The van der Waals surface area contributed by atoms with Gasteiger partial charge in [-0.25, -0.2) is 9.97 Å². The molecule has 5 heteroatoms. The fraction of sp³-hybridized carbons (Fsp3) is 0.222. The van der Waals surface area contributed by atoms with Crippen molar-refractivity contribution in [1.29, 1.82) is 0 Å². The van der Waals surface area contributed by atoms with E-state index in [9.17, 15) is 0 Å². The van der Waals surface area contributed by atoms with Crippen molar-refractivity contribution in [3.05, 3.63) is 29.8 Å². The SMILES string of the molecule is CCn1nccc1-c1ccnc(Cl)n1. The highest BCUT2D eigenvalue weighted by atomic mass is 35.5. The molecule has 0 aliphatic carbocycles. The fourth-order valence-corrected chi connectivity index (χ4v) is 1.43. The molecule has 0 aliphatic heterocycles. The molecule has 72 valence electrons. The third-order valence-electron chi connectivity index (χ3n) is 1.90. The van der Waals surface area contributed by atoms with Crippen LogP contribution < -0.4 is 0 Å². The maximum absolute atomic E-state index is 5.71. The number of rotatable bonds is 2. The molecule has 0 unspecified atom stereocenters. The Kier molecular flexibility index (Phi) is 2.45. The van der Waals surface area contributed by atoms with Gasteiger partial charge in [0, 0.05) is 18.9 Å². The van der Waals surface area contributed by atoms with Gasteiger partial charge in [-0.2, -0.15) is 5.10 Å². The van der Waals surface area contributed by atoms with Crippen molar-refractivity contribution in [3.63, 3.8) is 0 Å². The second-order valence-corrected chi connectivity index (χ2v) is 3.08. The van der Waals surface area contributed by atoms with Crippen molar-refractivity contribution in [2.45, 2.75) is 13.5 Å². The van der Waals surface area contributed by atoms with E-state index in [1.54, 1.807) is 12.4 Å². The summed E-state index contributed by atoms with van der Waals surface area (Å²) in [5.41, 5.74) is 1.75. The molecule has 0 aliphatic rings. The van der Waals surface area contributed by atoms with Crippen molar-refractivity contribution in [2.24, 2.45) is 0 Å². The van der Waals surface area contributed by atoms with E-state index in [1.165, 1.54) is 0 Å². The van der Waals surface area contributed by atoms with Crippen molar-refractivity contribution < 1.29 is 0 Å². The molecule has 2 aromatic heterocycles. The van der Waals surface area contributed by atoms with Crippen molar-refractivity contribution in [1.82, 2.24) is 19.7 Å². The van der Waals surface area contributed by atoms with Crippen molar-refractivity contribution in [3.8, 4) is 11.4 Å². The third kappa shape index (κ3) is 1.61. The molecule has 0 radical (unpaired) electrons. The summed E-state index contributed by atoms with van der Waals surface area (Å²) in [6, 6.07) is 3.72.